The van der Waals surface area contributed by atoms with Crippen LogP contribution in [0.5, 0.6) is 5.75 Å². The Balaban J connectivity index is 1.87. The van der Waals surface area contributed by atoms with Crippen molar-refractivity contribution in [2.45, 2.75) is 45.7 Å². The van der Waals surface area contributed by atoms with Gasteiger partial charge in [0.2, 0.25) is 0 Å². The Labute approximate surface area is 118 Å². The van der Waals surface area contributed by atoms with E-state index in [9.17, 15) is 0 Å². The van der Waals surface area contributed by atoms with Crippen LogP contribution in [0.1, 0.15) is 38.7 Å². The molecule has 0 saturated heterocycles. The molecule has 0 amide bonds. The summed E-state index contributed by atoms with van der Waals surface area (Å²) in [6.45, 7) is 6.14. The molecule has 1 fully saturated rings. The van der Waals surface area contributed by atoms with Gasteiger partial charge in [0, 0.05) is 12.6 Å². The number of hydrogen-bond donors (Lipinski definition) is 1. The van der Waals surface area contributed by atoms with Crippen molar-refractivity contribution in [3.05, 3.63) is 28.2 Å². The zero-order chi connectivity index (χ0) is 13.0. The third-order valence-corrected chi connectivity index (χ3v) is 4.01. The number of rotatable bonds is 7. The Morgan fingerprint density at radius 3 is 2.83 bits per heavy atom. The molecule has 0 bridgehead atoms. The van der Waals surface area contributed by atoms with Gasteiger partial charge in [-0.05, 0) is 52.4 Å². The molecule has 0 aromatic heterocycles. The molecule has 100 valence electrons. The van der Waals surface area contributed by atoms with Crippen molar-refractivity contribution in [2.75, 3.05) is 6.61 Å². The molecule has 1 saturated carbocycles. The quantitative estimate of drug-likeness (QED) is 0.817. The summed E-state index contributed by atoms with van der Waals surface area (Å²) in [5.41, 5.74) is 1.31. The molecule has 0 spiro atoms. The summed E-state index contributed by atoms with van der Waals surface area (Å²) in [5.74, 6) is 1.55. The summed E-state index contributed by atoms with van der Waals surface area (Å²) in [4.78, 5) is 0. The lowest BCUT2D eigenvalue weighted by atomic mass is 10.1. The minimum absolute atomic E-state index is 0.605. The molecule has 1 aliphatic carbocycles. The van der Waals surface area contributed by atoms with Gasteiger partial charge in [0.15, 0.2) is 0 Å². The van der Waals surface area contributed by atoms with E-state index in [4.69, 9.17) is 4.74 Å². The fourth-order valence-corrected chi connectivity index (χ4v) is 2.21. The zero-order valence-electron chi connectivity index (χ0n) is 11.2. The highest BCUT2D eigenvalue weighted by Gasteiger charge is 2.20. The number of ether oxygens (including phenoxy) is 1. The fourth-order valence-electron chi connectivity index (χ4n) is 1.67. The summed E-state index contributed by atoms with van der Waals surface area (Å²) in [5, 5.41) is 3.52. The van der Waals surface area contributed by atoms with Crippen LogP contribution in [0.3, 0.4) is 0 Å². The van der Waals surface area contributed by atoms with Crippen molar-refractivity contribution in [1.29, 1.82) is 0 Å². The van der Waals surface area contributed by atoms with Crippen LogP contribution in [-0.4, -0.2) is 12.6 Å². The number of hydrogen-bond acceptors (Lipinski definition) is 2. The zero-order valence-corrected chi connectivity index (χ0v) is 12.8. The van der Waals surface area contributed by atoms with Gasteiger partial charge in [-0.1, -0.05) is 26.3 Å². The highest BCUT2D eigenvalue weighted by Crippen LogP contribution is 2.27. The summed E-state index contributed by atoms with van der Waals surface area (Å²) in [6.07, 6.45) is 3.82. The first-order valence-electron chi connectivity index (χ1n) is 6.83. The maximum atomic E-state index is 5.82. The first-order chi connectivity index (χ1) is 8.69. The predicted octanol–water partition coefficient (Wildman–Crippen LogP) is 4.13. The van der Waals surface area contributed by atoms with E-state index in [0.717, 1.165) is 35.8 Å². The second-order valence-electron chi connectivity index (χ2n) is 5.24. The van der Waals surface area contributed by atoms with Crippen LogP contribution >= 0.6 is 15.9 Å². The Hall–Kier alpha value is -0.540. The lowest BCUT2D eigenvalue weighted by Gasteiger charge is -2.13. The average molecular weight is 312 g/mol. The van der Waals surface area contributed by atoms with E-state index in [2.05, 4.69) is 53.3 Å². The van der Waals surface area contributed by atoms with Crippen molar-refractivity contribution >= 4 is 15.9 Å². The lowest BCUT2D eigenvalue weighted by Crippen LogP contribution is -2.15. The summed E-state index contributed by atoms with van der Waals surface area (Å²) in [6, 6.07) is 7.12. The van der Waals surface area contributed by atoms with Crippen molar-refractivity contribution in [1.82, 2.24) is 5.32 Å². The van der Waals surface area contributed by atoms with Crippen LogP contribution < -0.4 is 10.1 Å². The minimum Gasteiger partial charge on any atom is -0.492 e. The molecule has 18 heavy (non-hydrogen) atoms. The molecule has 0 heterocycles. The van der Waals surface area contributed by atoms with E-state index < -0.39 is 0 Å². The monoisotopic (exact) mass is 311 g/mol. The second-order valence-corrected chi connectivity index (χ2v) is 6.10. The normalized spacial score (nSPS) is 16.6. The molecular weight excluding hydrogens is 290 g/mol. The predicted molar refractivity (Wildman–Crippen MR) is 79.0 cm³/mol. The second kappa shape index (κ2) is 6.58. The van der Waals surface area contributed by atoms with E-state index in [1.54, 1.807) is 0 Å². The van der Waals surface area contributed by atoms with Gasteiger partial charge >= 0.3 is 0 Å². The molecule has 2 rings (SSSR count). The maximum absolute atomic E-state index is 5.82. The van der Waals surface area contributed by atoms with Crippen molar-refractivity contribution in [3.8, 4) is 5.75 Å². The summed E-state index contributed by atoms with van der Waals surface area (Å²) in [7, 11) is 0. The van der Waals surface area contributed by atoms with E-state index in [1.807, 2.05) is 0 Å². The van der Waals surface area contributed by atoms with Gasteiger partial charge in [0.1, 0.15) is 5.75 Å². The maximum Gasteiger partial charge on any atom is 0.133 e. The number of nitrogens with one attached hydrogen (secondary N) is 1. The van der Waals surface area contributed by atoms with Crippen molar-refractivity contribution in [2.24, 2.45) is 5.92 Å². The first-order valence-corrected chi connectivity index (χ1v) is 7.63. The van der Waals surface area contributed by atoms with Gasteiger partial charge < -0.3 is 10.1 Å². The smallest absolute Gasteiger partial charge is 0.133 e. The Morgan fingerprint density at radius 1 is 1.44 bits per heavy atom. The molecule has 1 aromatic carbocycles. The molecule has 1 atom stereocenters. The summed E-state index contributed by atoms with van der Waals surface area (Å²) < 4.78 is 6.87. The van der Waals surface area contributed by atoms with Crippen LogP contribution in [0.2, 0.25) is 0 Å². The minimum atomic E-state index is 0.605. The molecule has 2 nitrogen and oxygen atoms in total. The number of halogens is 1. The Bertz CT molecular complexity index is 390. The van der Waals surface area contributed by atoms with Gasteiger partial charge in [-0.15, -0.1) is 0 Å². The van der Waals surface area contributed by atoms with Crippen LogP contribution in [0, 0.1) is 5.92 Å². The fraction of sp³-hybridized carbons (Fsp3) is 0.600. The SMILES string of the molecule is CCC(C)COc1ccc(CNC2CC2)cc1Br. The topological polar surface area (TPSA) is 21.3 Å². The Kier molecular flexibility index (Phi) is 5.07. The van der Waals surface area contributed by atoms with E-state index in [0.29, 0.717) is 5.92 Å². The lowest BCUT2D eigenvalue weighted by molar-refractivity contribution is 0.255. The third kappa shape index (κ3) is 4.29. The molecular formula is C15H22BrNO. The van der Waals surface area contributed by atoms with Gasteiger partial charge in [-0.2, -0.15) is 0 Å². The summed E-state index contributed by atoms with van der Waals surface area (Å²) >= 11 is 3.59. The van der Waals surface area contributed by atoms with E-state index >= 15 is 0 Å². The highest BCUT2D eigenvalue weighted by molar-refractivity contribution is 9.10. The van der Waals surface area contributed by atoms with Crippen LogP contribution in [0.4, 0.5) is 0 Å². The van der Waals surface area contributed by atoms with Gasteiger partial charge in [-0.25, -0.2) is 0 Å². The standard InChI is InChI=1S/C15H22BrNO/c1-3-11(2)10-18-15-7-4-12(8-14(15)16)9-17-13-5-6-13/h4,7-8,11,13,17H,3,5-6,9-10H2,1-2H3. The van der Waals surface area contributed by atoms with Gasteiger partial charge in [0.25, 0.3) is 0 Å². The molecule has 0 radical (unpaired) electrons. The molecule has 0 aliphatic heterocycles. The molecule has 1 N–H and O–H groups in total. The molecule has 1 unspecified atom stereocenters. The molecule has 3 heteroatoms. The van der Waals surface area contributed by atoms with Crippen LogP contribution in [-0.2, 0) is 6.54 Å². The highest BCUT2D eigenvalue weighted by atomic mass is 79.9. The van der Waals surface area contributed by atoms with Crippen molar-refractivity contribution < 1.29 is 4.74 Å². The van der Waals surface area contributed by atoms with Gasteiger partial charge in [-0.3, -0.25) is 0 Å². The largest absolute Gasteiger partial charge is 0.492 e. The molecule has 1 aliphatic rings. The Morgan fingerprint density at radius 2 is 2.22 bits per heavy atom. The van der Waals surface area contributed by atoms with Crippen LogP contribution in [0.15, 0.2) is 22.7 Å². The number of benzene rings is 1. The van der Waals surface area contributed by atoms with Crippen molar-refractivity contribution in [3.63, 3.8) is 0 Å². The average Bonchev–Trinajstić information content (AvgIpc) is 3.18. The third-order valence-electron chi connectivity index (χ3n) is 3.39. The first kappa shape index (κ1) is 13.9. The van der Waals surface area contributed by atoms with E-state index in [-0.39, 0.29) is 0 Å². The molecule has 1 aromatic rings. The van der Waals surface area contributed by atoms with Gasteiger partial charge in [0.05, 0.1) is 11.1 Å². The van der Waals surface area contributed by atoms with Crippen LogP contribution in [0.25, 0.3) is 0 Å². The van der Waals surface area contributed by atoms with E-state index in [1.165, 1.54) is 18.4 Å².